The van der Waals surface area contributed by atoms with Gasteiger partial charge in [-0.2, -0.15) is 0 Å². The molecule has 0 saturated heterocycles. The highest BCUT2D eigenvalue weighted by Crippen LogP contribution is 2.13. The standard InChI is InChI=1S/C23H49NO.C4H6O5/c1-3-4-5-6-7-8-9-10-11-12-13-14-15-16-17-19-22-25-23-20-18-21-24-2;5-2(4(8)9)1-3(6)7/h24H,3-23H2,1-2H3;2,5H,1H2,(H,6,7)(H,8,9). The van der Waals surface area contributed by atoms with Crippen LogP contribution in [0.3, 0.4) is 0 Å². The Balaban J connectivity index is 0. The van der Waals surface area contributed by atoms with Crippen molar-refractivity contribution in [2.24, 2.45) is 0 Å². The molecular weight excluding hydrogens is 434 g/mol. The minimum atomic E-state index is -1.79. The second kappa shape index (κ2) is 29.9. The van der Waals surface area contributed by atoms with Crippen LogP contribution in [-0.2, 0) is 14.3 Å². The van der Waals surface area contributed by atoms with Gasteiger partial charge >= 0.3 is 11.9 Å². The van der Waals surface area contributed by atoms with E-state index >= 15 is 0 Å². The first-order valence-corrected chi connectivity index (χ1v) is 13.8. The number of unbranched alkanes of at least 4 members (excludes halogenated alkanes) is 16. The Morgan fingerprint density at radius 1 is 0.676 bits per heavy atom. The molecule has 0 heterocycles. The van der Waals surface area contributed by atoms with Gasteiger partial charge in [0.2, 0.25) is 0 Å². The lowest BCUT2D eigenvalue weighted by Crippen LogP contribution is -2.22. The van der Waals surface area contributed by atoms with Crippen molar-refractivity contribution in [1.82, 2.24) is 5.32 Å². The van der Waals surface area contributed by atoms with Gasteiger partial charge in [-0.15, -0.1) is 0 Å². The molecule has 4 N–H and O–H groups in total. The highest BCUT2D eigenvalue weighted by Gasteiger charge is 2.16. The zero-order valence-corrected chi connectivity index (χ0v) is 22.2. The summed E-state index contributed by atoms with van der Waals surface area (Å²) < 4.78 is 5.67. The van der Waals surface area contributed by atoms with Gasteiger partial charge in [0.1, 0.15) is 0 Å². The zero-order valence-electron chi connectivity index (χ0n) is 22.2. The highest BCUT2D eigenvalue weighted by atomic mass is 16.5. The number of hydrogen-bond acceptors (Lipinski definition) is 5. The number of carboxylic acids is 2. The van der Waals surface area contributed by atoms with Gasteiger partial charge in [-0.25, -0.2) is 4.79 Å². The minimum Gasteiger partial charge on any atom is -0.481 e. The Morgan fingerprint density at radius 3 is 1.38 bits per heavy atom. The first-order valence-electron chi connectivity index (χ1n) is 13.8. The number of aliphatic hydroxyl groups is 1. The zero-order chi connectivity index (χ0) is 25.7. The average molecular weight is 490 g/mol. The maximum absolute atomic E-state index is 9.72. The number of rotatable bonds is 25. The van der Waals surface area contributed by atoms with Gasteiger partial charge in [0.15, 0.2) is 6.10 Å². The Kier molecular flexibility index (Phi) is 30.7. The van der Waals surface area contributed by atoms with Crippen molar-refractivity contribution in [3.63, 3.8) is 0 Å². The number of ether oxygens (including phenoxy) is 1. The SMILES string of the molecule is CCCCCCCCCCCCCCCCCCOCCCCNC.O=C(O)CC(O)C(=O)O. The van der Waals surface area contributed by atoms with Crippen molar-refractivity contribution < 1.29 is 29.6 Å². The third kappa shape index (κ3) is 33.0. The van der Waals surface area contributed by atoms with Crippen molar-refractivity contribution in [2.45, 2.75) is 135 Å². The maximum atomic E-state index is 9.72. The summed E-state index contributed by atoms with van der Waals surface area (Å²) in [4.78, 5) is 19.4. The fourth-order valence-electron chi connectivity index (χ4n) is 3.61. The molecule has 0 spiro atoms. The van der Waals surface area contributed by atoms with Crippen LogP contribution in [-0.4, -0.2) is 60.2 Å². The molecule has 7 heteroatoms. The van der Waals surface area contributed by atoms with Crippen LogP contribution in [0, 0.1) is 0 Å². The van der Waals surface area contributed by atoms with E-state index in [2.05, 4.69) is 12.2 Å². The smallest absolute Gasteiger partial charge is 0.333 e. The highest BCUT2D eigenvalue weighted by molar-refractivity contribution is 5.79. The molecule has 0 radical (unpaired) electrons. The molecule has 0 rings (SSSR count). The third-order valence-electron chi connectivity index (χ3n) is 5.76. The molecule has 0 bridgehead atoms. The predicted octanol–water partition coefficient (Wildman–Crippen LogP) is 6.17. The van der Waals surface area contributed by atoms with Crippen LogP contribution in [0.1, 0.15) is 129 Å². The van der Waals surface area contributed by atoms with E-state index in [-0.39, 0.29) is 0 Å². The molecule has 0 aromatic rings. The minimum absolute atomic E-state index is 0.755. The first-order chi connectivity index (χ1) is 16.5. The Labute approximate surface area is 209 Å². The van der Waals surface area contributed by atoms with E-state index in [1.165, 1.54) is 116 Å². The number of aliphatic hydroxyl groups excluding tert-OH is 1. The summed E-state index contributed by atoms with van der Waals surface area (Å²) in [5, 5.41) is 27.3. The van der Waals surface area contributed by atoms with Crippen molar-refractivity contribution >= 4 is 11.9 Å². The lowest BCUT2D eigenvalue weighted by molar-refractivity contribution is -0.152. The molecule has 0 amide bonds. The number of aliphatic carboxylic acids is 2. The predicted molar refractivity (Wildman–Crippen MR) is 139 cm³/mol. The number of hydrogen-bond donors (Lipinski definition) is 4. The Hall–Kier alpha value is -1.18. The van der Waals surface area contributed by atoms with Crippen LogP contribution in [0.5, 0.6) is 0 Å². The van der Waals surface area contributed by atoms with E-state index in [0.29, 0.717) is 0 Å². The quantitative estimate of drug-likeness (QED) is 0.113. The topological polar surface area (TPSA) is 116 Å². The van der Waals surface area contributed by atoms with Crippen LogP contribution in [0.2, 0.25) is 0 Å². The van der Waals surface area contributed by atoms with Gasteiger partial charge in [-0.05, 0) is 32.9 Å². The normalized spacial score (nSPS) is 11.6. The molecule has 1 unspecified atom stereocenters. The maximum Gasteiger partial charge on any atom is 0.333 e. The van der Waals surface area contributed by atoms with Gasteiger partial charge in [0, 0.05) is 13.2 Å². The summed E-state index contributed by atoms with van der Waals surface area (Å²) in [6.45, 7) is 5.32. The molecule has 0 aromatic heterocycles. The second-order valence-electron chi connectivity index (χ2n) is 9.18. The largest absolute Gasteiger partial charge is 0.481 e. The van der Waals surface area contributed by atoms with E-state index in [1.54, 1.807) is 0 Å². The molecule has 0 fully saturated rings. The summed E-state index contributed by atoms with van der Waals surface area (Å²) in [5.74, 6) is -2.85. The van der Waals surface area contributed by atoms with Gasteiger partial charge in [0.05, 0.1) is 6.42 Å². The molecule has 204 valence electrons. The van der Waals surface area contributed by atoms with Gasteiger partial charge in [-0.3, -0.25) is 4.79 Å². The summed E-state index contributed by atoms with van der Waals surface area (Å²) in [6.07, 6.45) is 22.8. The molecule has 0 aromatic carbocycles. The number of carboxylic acid groups (broad SMARTS) is 2. The molecule has 0 aliphatic carbocycles. The summed E-state index contributed by atoms with van der Waals surface area (Å²) in [5.41, 5.74) is 0. The summed E-state index contributed by atoms with van der Waals surface area (Å²) in [6, 6.07) is 0. The molecule has 1 atom stereocenters. The van der Waals surface area contributed by atoms with Crippen LogP contribution in [0.15, 0.2) is 0 Å². The first kappa shape index (κ1) is 35.0. The van der Waals surface area contributed by atoms with Crippen LogP contribution in [0.25, 0.3) is 0 Å². The number of carbonyl (C=O) groups is 2. The van der Waals surface area contributed by atoms with E-state index < -0.39 is 24.5 Å². The second-order valence-corrected chi connectivity index (χ2v) is 9.18. The lowest BCUT2D eigenvalue weighted by atomic mass is 10.0. The monoisotopic (exact) mass is 489 g/mol. The molecule has 34 heavy (non-hydrogen) atoms. The fourth-order valence-corrected chi connectivity index (χ4v) is 3.61. The Bertz CT molecular complexity index is 411. The van der Waals surface area contributed by atoms with Crippen molar-refractivity contribution in [3.8, 4) is 0 Å². The van der Waals surface area contributed by atoms with Crippen molar-refractivity contribution in [3.05, 3.63) is 0 Å². The van der Waals surface area contributed by atoms with E-state index in [1.807, 2.05) is 7.05 Å². The lowest BCUT2D eigenvalue weighted by Gasteiger charge is -2.05. The van der Waals surface area contributed by atoms with Gasteiger partial charge in [0.25, 0.3) is 0 Å². The number of nitrogens with one attached hydrogen (secondary N) is 1. The molecule has 0 aliphatic heterocycles. The Morgan fingerprint density at radius 2 is 1.06 bits per heavy atom. The third-order valence-corrected chi connectivity index (χ3v) is 5.76. The summed E-state index contributed by atoms with van der Waals surface area (Å²) in [7, 11) is 2.01. The van der Waals surface area contributed by atoms with E-state index in [0.717, 1.165) is 19.8 Å². The van der Waals surface area contributed by atoms with E-state index in [4.69, 9.17) is 20.1 Å². The average Bonchev–Trinajstić information content (AvgIpc) is 2.80. The van der Waals surface area contributed by atoms with Crippen molar-refractivity contribution in [2.75, 3.05) is 26.8 Å². The van der Waals surface area contributed by atoms with E-state index in [9.17, 15) is 9.59 Å². The van der Waals surface area contributed by atoms with Crippen LogP contribution >= 0.6 is 0 Å². The van der Waals surface area contributed by atoms with Gasteiger partial charge < -0.3 is 25.4 Å². The summed E-state index contributed by atoms with van der Waals surface area (Å²) >= 11 is 0. The van der Waals surface area contributed by atoms with Gasteiger partial charge in [-0.1, -0.05) is 103 Å². The van der Waals surface area contributed by atoms with Crippen LogP contribution in [0.4, 0.5) is 0 Å². The molecule has 0 saturated carbocycles. The molecule has 7 nitrogen and oxygen atoms in total. The molecule has 0 aliphatic rings. The van der Waals surface area contributed by atoms with Crippen LogP contribution < -0.4 is 5.32 Å². The van der Waals surface area contributed by atoms with Crippen molar-refractivity contribution in [1.29, 1.82) is 0 Å². The molecular formula is C27H55NO6. The fraction of sp³-hybridized carbons (Fsp3) is 0.926.